The first-order valence-corrected chi connectivity index (χ1v) is 7.35. The Morgan fingerprint density at radius 3 is 2.89 bits per heavy atom. The van der Waals surface area contributed by atoms with Crippen molar-refractivity contribution >= 4 is 11.8 Å². The summed E-state index contributed by atoms with van der Waals surface area (Å²) in [5.41, 5.74) is 7.18. The predicted octanol–water partition coefficient (Wildman–Crippen LogP) is 2.61. The summed E-state index contributed by atoms with van der Waals surface area (Å²) in [6, 6.07) is 8.22. The molecule has 4 heteroatoms. The van der Waals surface area contributed by atoms with Crippen LogP contribution >= 0.6 is 11.8 Å². The molecule has 1 atom stereocenters. The fourth-order valence-corrected chi connectivity index (χ4v) is 3.50. The highest BCUT2D eigenvalue weighted by Crippen LogP contribution is 2.36. The molecule has 0 aliphatic carbocycles. The van der Waals surface area contributed by atoms with Gasteiger partial charge in [0, 0.05) is 30.3 Å². The summed E-state index contributed by atoms with van der Waals surface area (Å²) in [4.78, 5) is 0. The average Bonchev–Trinajstić information content (AvgIpc) is 2.46. The summed E-state index contributed by atoms with van der Waals surface area (Å²) in [5.74, 6) is 0.901. The molecule has 1 aliphatic rings. The van der Waals surface area contributed by atoms with Gasteiger partial charge in [0.15, 0.2) is 0 Å². The molecule has 1 heterocycles. The summed E-state index contributed by atoms with van der Waals surface area (Å²) in [7, 11) is 1.70. The second kappa shape index (κ2) is 7.02. The van der Waals surface area contributed by atoms with E-state index >= 15 is 0 Å². The van der Waals surface area contributed by atoms with Crippen molar-refractivity contribution < 1.29 is 9.47 Å². The first kappa shape index (κ1) is 13.7. The summed E-state index contributed by atoms with van der Waals surface area (Å²) < 4.78 is 10.7. The highest BCUT2D eigenvalue weighted by molar-refractivity contribution is 8.00. The van der Waals surface area contributed by atoms with E-state index in [0.717, 1.165) is 31.8 Å². The molecule has 1 unspecified atom stereocenters. The van der Waals surface area contributed by atoms with Crippen molar-refractivity contribution in [2.24, 2.45) is 5.73 Å². The van der Waals surface area contributed by atoms with Crippen molar-refractivity contribution in [1.29, 1.82) is 0 Å². The smallest absolute Gasteiger partial charge is 0.119 e. The quantitative estimate of drug-likeness (QED) is 0.890. The fourth-order valence-electron chi connectivity index (χ4n) is 2.16. The summed E-state index contributed by atoms with van der Waals surface area (Å²) in [6.07, 6.45) is 2.26. The van der Waals surface area contributed by atoms with Gasteiger partial charge in [0.05, 0.1) is 7.11 Å². The lowest BCUT2D eigenvalue weighted by Gasteiger charge is -2.26. The van der Waals surface area contributed by atoms with E-state index in [9.17, 15) is 0 Å². The molecule has 0 radical (unpaired) electrons. The second-order valence-corrected chi connectivity index (χ2v) is 5.96. The van der Waals surface area contributed by atoms with Crippen LogP contribution in [-0.2, 0) is 4.74 Å². The third kappa shape index (κ3) is 3.64. The van der Waals surface area contributed by atoms with Crippen LogP contribution in [0.2, 0.25) is 0 Å². The molecule has 1 aromatic carbocycles. The van der Waals surface area contributed by atoms with Crippen LogP contribution in [0.5, 0.6) is 5.75 Å². The van der Waals surface area contributed by atoms with Crippen molar-refractivity contribution in [3.05, 3.63) is 29.8 Å². The molecule has 100 valence electrons. The molecule has 1 aliphatic heterocycles. The fraction of sp³-hybridized carbons (Fsp3) is 0.571. The predicted molar refractivity (Wildman–Crippen MR) is 76.2 cm³/mol. The zero-order valence-corrected chi connectivity index (χ0v) is 11.6. The zero-order valence-electron chi connectivity index (χ0n) is 10.8. The van der Waals surface area contributed by atoms with Crippen LogP contribution in [0, 0.1) is 0 Å². The Balaban J connectivity index is 2.02. The third-order valence-electron chi connectivity index (χ3n) is 3.20. The van der Waals surface area contributed by atoms with Gasteiger partial charge < -0.3 is 15.2 Å². The number of hydrogen-bond donors (Lipinski definition) is 1. The van der Waals surface area contributed by atoms with E-state index in [4.69, 9.17) is 15.2 Å². The molecular weight excluding hydrogens is 246 g/mol. The molecule has 1 fully saturated rings. The van der Waals surface area contributed by atoms with Gasteiger partial charge in [0.25, 0.3) is 0 Å². The van der Waals surface area contributed by atoms with Crippen LogP contribution in [0.3, 0.4) is 0 Å². The maximum absolute atomic E-state index is 5.92. The lowest BCUT2D eigenvalue weighted by molar-refractivity contribution is 0.0999. The van der Waals surface area contributed by atoms with Crippen LogP contribution in [0.25, 0.3) is 0 Å². The Morgan fingerprint density at radius 1 is 1.44 bits per heavy atom. The van der Waals surface area contributed by atoms with Gasteiger partial charge in [-0.3, -0.25) is 0 Å². The van der Waals surface area contributed by atoms with Crippen molar-refractivity contribution in [3.63, 3.8) is 0 Å². The summed E-state index contributed by atoms with van der Waals surface area (Å²) >= 11 is 1.98. The van der Waals surface area contributed by atoms with Crippen molar-refractivity contribution in [3.8, 4) is 5.75 Å². The third-order valence-corrected chi connectivity index (χ3v) is 4.85. The monoisotopic (exact) mass is 267 g/mol. The van der Waals surface area contributed by atoms with E-state index < -0.39 is 0 Å². The Labute approximate surface area is 113 Å². The molecular formula is C14H21NO2S. The maximum atomic E-state index is 5.92. The Kier molecular flexibility index (Phi) is 5.35. The normalized spacial score (nSPS) is 18.6. The molecule has 18 heavy (non-hydrogen) atoms. The Morgan fingerprint density at radius 2 is 2.22 bits per heavy atom. The Hall–Kier alpha value is -0.710. The van der Waals surface area contributed by atoms with Gasteiger partial charge >= 0.3 is 0 Å². The van der Waals surface area contributed by atoms with E-state index in [2.05, 4.69) is 12.1 Å². The highest BCUT2D eigenvalue weighted by atomic mass is 32.2. The summed E-state index contributed by atoms with van der Waals surface area (Å²) in [6.45, 7) is 2.43. The number of ether oxygens (including phenoxy) is 2. The highest BCUT2D eigenvalue weighted by Gasteiger charge is 2.20. The Bertz CT molecular complexity index is 367. The molecule has 1 aromatic rings. The molecule has 0 bridgehead atoms. The van der Waals surface area contributed by atoms with Crippen molar-refractivity contribution in [1.82, 2.24) is 0 Å². The standard InChI is InChI=1S/C14H21NO2S/c1-16-12-4-2-3-11(9-12)14(10-15)18-13-5-7-17-8-6-13/h2-4,9,13-14H,5-8,10,15H2,1H3. The van der Waals surface area contributed by atoms with Crippen molar-refractivity contribution in [2.75, 3.05) is 26.9 Å². The maximum Gasteiger partial charge on any atom is 0.119 e. The number of rotatable bonds is 5. The number of thioether (sulfide) groups is 1. The lowest BCUT2D eigenvalue weighted by atomic mass is 10.1. The van der Waals surface area contributed by atoms with Gasteiger partial charge in [0.1, 0.15) is 5.75 Å². The van der Waals surface area contributed by atoms with Crippen LogP contribution in [0.4, 0.5) is 0 Å². The molecule has 0 saturated carbocycles. The van der Waals surface area contributed by atoms with Gasteiger partial charge in [-0.2, -0.15) is 0 Å². The van der Waals surface area contributed by atoms with Crippen LogP contribution in [-0.4, -0.2) is 32.1 Å². The van der Waals surface area contributed by atoms with Gasteiger partial charge in [-0.1, -0.05) is 12.1 Å². The van der Waals surface area contributed by atoms with E-state index in [1.807, 2.05) is 23.9 Å². The number of methoxy groups -OCH3 is 1. The average molecular weight is 267 g/mol. The largest absolute Gasteiger partial charge is 0.497 e. The van der Waals surface area contributed by atoms with Crippen molar-refractivity contribution in [2.45, 2.75) is 23.3 Å². The SMILES string of the molecule is COc1cccc(C(CN)SC2CCOCC2)c1. The van der Waals surface area contributed by atoms with E-state index in [0.29, 0.717) is 17.0 Å². The minimum atomic E-state index is 0.350. The zero-order chi connectivity index (χ0) is 12.8. The second-order valence-electron chi connectivity index (χ2n) is 4.45. The van der Waals surface area contributed by atoms with E-state index in [1.54, 1.807) is 7.11 Å². The van der Waals surface area contributed by atoms with E-state index in [1.165, 1.54) is 5.56 Å². The molecule has 0 aromatic heterocycles. The lowest BCUT2D eigenvalue weighted by Crippen LogP contribution is -2.21. The molecule has 3 nitrogen and oxygen atoms in total. The van der Waals surface area contributed by atoms with E-state index in [-0.39, 0.29) is 0 Å². The van der Waals surface area contributed by atoms with Crippen LogP contribution < -0.4 is 10.5 Å². The molecule has 2 N–H and O–H groups in total. The molecule has 1 saturated heterocycles. The van der Waals surface area contributed by atoms with Gasteiger partial charge in [-0.25, -0.2) is 0 Å². The number of hydrogen-bond acceptors (Lipinski definition) is 4. The first-order valence-electron chi connectivity index (χ1n) is 6.40. The topological polar surface area (TPSA) is 44.5 Å². The minimum absolute atomic E-state index is 0.350. The van der Waals surface area contributed by atoms with Gasteiger partial charge in [-0.05, 0) is 30.5 Å². The molecule has 2 rings (SSSR count). The van der Waals surface area contributed by atoms with Gasteiger partial charge in [-0.15, -0.1) is 11.8 Å². The summed E-state index contributed by atoms with van der Waals surface area (Å²) in [5, 5.41) is 1.02. The van der Waals surface area contributed by atoms with Crippen LogP contribution in [0.1, 0.15) is 23.7 Å². The first-order chi connectivity index (χ1) is 8.83. The molecule has 0 spiro atoms. The number of nitrogens with two attached hydrogens (primary N) is 1. The number of benzene rings is 1. The minimum Gasteiger partial charge on any atom is -0.497 e. The van der Waals surface area contributed by atoms with Gasteiger partial charge in [0.2, 0.25) is 0 Å². The van der Waals surface area contributed by atoms with Crippen LogP contribution in [0.15, 0.2) is 24.3 Å². The molecule has 0 amide bonds.